The van der Waals surface area contributed by atoms with Crippen molar-refractivity contribution >= 4 is 39.8 Å². The van der Waals surface area contributed by atoms with Crippen molar-refractivity contribution in [1.29, 1.82) is 0 Å². The van der Waals surface area contributed by atoms with Crippen LogP contribution in [0, 0.1) is 0 Å². The number of rotatable bonds is 7. The predicted molar refractivity (Wildman–Crippen MR) is 120 cm³/mol. The van der Waals surface area contributed by atoms with E-state index >= 15 is 0 Å². The molecule has 0 atom stereocenters. The third kappa shape index (κ3) is 5.33. The fraction of sp³-hybridized carbons (Fsp3) is 0.261. The summed E-state index contributed by atoms with van der Waals surface area (Å²) in [5.74, 6) is -0.263. The highest BCUT2D eigenvalue weighted by Gasteiger charge is 2.21. The zero-order chi connectivity index (χ0) is 20.9. The maximum atomic E-state index is 12.3. The van der Waals surface area contributed by atoms with Gasteiger partial charge in [-0.2, -0.15) is 0 Å². The smallest absolute Gasteiger partial charge is 0.226 e. The Balaban J connectivity index is 1.29. The van der Waals surface area contributed by atoms with Crippen LogP contribution in [0.15, 0.2) is 54.6 Å². The summed E-state index contributed by atoms with van der Waals surface area (Å²) in [6.45, 7) is 2.70. The Morgan fingerprint density at radius 3 is 2.60 bits per heavy atom. The number of amides is 1. The van der Waals surface area contributed by atoms with Gasteiger partial charge in [0.2, 0.25) is 5.91 Å². The van der Waals surface area contributed by atoms with Gasteiger partial charge in [0.15, 0.2) is 10.9 Å². The monoisotopic (exact) mass is 439 g/mol. The number of carbonyl (C=O) groups excluding carboxylic acids is 2. The molecule has 1 aliphatic heterocycles. The Labute approximate surface area is 184 Å². The SMILES string of the molecule is O=C(CCC(=O)c1ccc(Cl)cc1)Nc1nc2c(s1)CN(Cc1ccccc1)CC2. The van der Waals surface area contributed by atoms with Crippen molar-refractivity contribution in [2.45, 2.75) is 32.4 Å². The number of nitrogens with zero attached hydrogens (tertiary/aromatic N) is 2. The normalized spacial score (nSPS) is 13.6. The van der Waals surface area contributed by atoms with Gasteiger partial charge >= 0.3 is 0 Å². The fourth-order valence-corrected chi connectivity index (χ4v) is 4.66. The molecule has 0 saturated carbocycles. The molecule has 5 nitrogen and oxygen atoms in total. The first kappa shape index (κ1) is 20.7. The predicted octanol–water partition coefficient (Wildman–Crippen LogP) is 4.96. The van der Waals surface area contributed by atoms with Gasteiger partial charge in [0.1, 0.15) is 0 Å². The molecule has 1 aromatic heterocycles. The van der Waals surface area contributed by atoms with Crippen molar-refractivity contribution in [3.8, 4) is 0 Å². The number of carbonyl (C=O) groups is 2. The lowest BCUT2D eigenvalue weighted by Crippen LogP contribution is -2.29. The van der Waals surface area contributed by atoms with Crippen LogP contribution in [-0.2, 0) is 24.3 Å². The number of nitrogens with one attached hydrogen (secondary N) is 1. The van der Waals surface area contributed by atoms with E-state index in [1.165, 1.54) is 21.8 Å². The lowest BCUT2D eigenvalue weighted by Gasteiger charge is -2.25. The highest BCUT2D eigenvalue weighted by molar-refractivity contribution is 7.15. The number of benzene rings is 2. The molecule has 1 amide bonds. The molecular formula is C23H22ClN3O2S. The highest BCUT2D eigenvalue weighted by Crippen LogP contribution is 2.29. The third-order valence-corrected chi connectivity index (χ3v) is 6.30. The lowest BCUT2D eigenvalue weighted by atomic mass is 10.1. The molecule has 1 aliphatic rings. The van der Waals surface area contributed by atoms with E-state index in [4.69, 9.17) is 11.6 Å². The molecular weight excluding hydrogens is 418 g/mol. The van der Waals surface area contributed by atoms with Crippen molar-refractivity contribution in [3.63, 3.8) is 0 Å². The van der Waals surface area contributed by atoms with E-state index in [0.717, 1.165) is 31.7 Å². The number of hydrogen-bond donors (Lipinski definition) is 1. The summed E-state index contributed by atoms with van der Waals surface area (Å²) < 4.78 is 0. The number of thiazole rings is 1. The van der Waals surface area contributed by atoms with Crippen LogP contribution in [0.3, 0.4) is 0 Å². The molecule has 0 fully saturated rings. The van der Waals surface area contributed by atoms with Gasteiger partial charge in [0.25, 0.3) is 0 Å². The Morgan fingerprint density at radius 2 is 1.83 bits per heavy atom. The van der Waals surface area contributed by atoms with Crippen LogP contribution in [-0.4, -0.2) is 28.1 Å². The summed E-state index contributed by atoms with van der Waals surface area (Å²) in [4.78, 5) is 32.7. The summed E-state index contributed by atoms with van der Waals surface area (Å²) in [6.07, 6.45) is 1.17. The zero-order valence-electron chi connectivity index (χ0n) is 16.4. The standard InChI is InChI=1S/C23H22ClN3O2S/c24-18-8-6-17(7-9-18)20(28)10-11-22(29)26-23-25-19-12-13-27(15-21(19)30-23)14-16-4-2-1-3-5-16/h1-9H,10-15H2,(H,25,26,29). The summed E-state index contributed by atoms with van der Waals surface area (Å²) in [6, 6.07) is 17.1. The largest absolute Gasteiger partial charge is 0.302 e. The van der Waals surface area contributed by atoms with Crippen LogP contribution in [0.25, 0.3) is 0 Å². The van der Waals surface area contributed by atoms with Gasteiger partial charge in [0, 0.05) is 54.4 Å². The summed E-state index contributed by atoms with van der Waals surface area (Å²) in [5, 5.41) is 4.06. The maximum Gasteiger partial charge on any atom is 0.226 e. The maximum absolute atomic E-state index is 12.3. The number of hydrogen-bond acceptors (Lipinski definition) is 5. The molecule has 7 heteroatoms. The Hall–Kier alpha value is -2.54. The van der Waals surface area contributed by atoms with E-state index in [-0.39, 0.29) is 24.5 Å². The molecule has 0 radical (unpaired) electrons. The zero-order valence-corrected chi connectivity index (χ0v) is 18.0. The Kier molecular flexibility index (Phi) is 6.57. The molecule has 1 N–H and O–H groups in total. The van der Waals surface area contributed by atoms with Crippen LogP contribution in [0.2, 0.25) is 5.02 Å². The first-order chi connectivity index (χ1) is 14.6. The van der Waals surface area contributed by atoms with E-state index in [1.54, 1.807) is 24.3 Å². The molecule has 4 rings (SSSR count). The molecule has 0 saturated heterocycles. The Bertz CT molecular complexity index is 1030. The van der Waals surface area contributed by atoms with Crippen molar-refractivity contribution < 1.29 is 9.59 Å². The quantitative estimate of drug-likeness (QED) is 0.529. The van der Waals surface area contributed by atoms with E-state index in [1.807, 2.05) is 6.07 Å². The number of aromatic nitrogens is 1. The molecule has 3 aromatic rings. The average Bonchev–Trinajstić information content (AvgIpc) is 3.14. The molecule has 0 bridgehead atoms. The Morgan fingerprint density at radius 1 is 1.07 bits per heavy atom. The summed E-state index contributed by atoms with van der Waals surface area (Å²) in [5.41, 5.74) is 2.93. The van der Waals surface area contributed by atoms with Crippen LogP contribution in [0.5, 0.6) is 0 Å². The molecule has 30 heavy (non-hydrogen) atoms. The number of fused-ring (bicyclic) bond motifs is 1. The number of anilines is 1. The van der Waals surface area contributed by atoms with Gasteiger partial charge < -0.3 is 5.32 Å². The second-order valence-corrected chi connectivity index (χ2v) is 8.83. The van der Waals surface area contributed by atoms with Crippen LogP contribution in [0.4, 0.5) is 5.13 Å². The minimum absolute atomic E-state index is 0.0724. The van der Waals surface area contributed by atoms with Crippen molar-refractivity contribution in [1.82, 2.24) is 9.88 Å². The highest BCUT2D eigenvalue weighted by atomic mass is 35.5. The average molecular weight is 440 g/mol. The van der Waals surface area contributed by atoms with E-state index in [9.17, 15) is 9.59 Å². The minimum atomic E-state index is -0.190. The van der Waals surface area contributed by atoms with E-state index in [2.05, 4.69) is 39.5 Å². The van der Waals surface area contributed by atoms with E-state index < -0.39 is 0 Å². The second-order valence-electron chi connectivity index (χ2n) is 7.31. The number of halogens is 1. The fourth-order valence-electron chi connectivity index (χ4n) is 3.47. The van der Waals surface area contributed by atoms with Crippen molar-refractivity contribution in [2.24, 2.45) is 0 Å². The van der Waals surface area contributed by atoms with Gasteiger partial charge in [-0.05, 0) is 29.8 Å². The molecule has 0 unspecified atom stereocenters. The number of Topliss-reactive ketones (excluding diaryl/α,β-unsaturated/α-hetero) is 1. The summed E-state index contributed by atoms with van der Waals surface area (Å²) in [7, 11) is 0. The molecule has 0 aliphatic carbocycles. The van der Waals surface area contributed by atoms with Gasteiger partial charge in [-0.25, -0.2) is 4.98 Å². The summed E-state index contributed by atoms with van der Waals surface area (Å²) >= 11 is 7.37. The van der Waals surface area contributed by atoms with E-state index in [0.29, 0.717) is 15.7 Å². The van der Waals surface area contributed by atoms with Gasteiger partial charge in [-0.15, -0.1) is 11.3 Å². The van der Waals surface area contributed by atoms with Gasteiger partial charge in [0.05, 0.1) is 5.69 Å². The van der Waals surface area contributed by atoms with Crippen LogP contribution >= 0.6 is 22.9 Å². The third-order valence-electron chi connectivity index (χ3n) is 5.05. The molecule has 2 aromatic carbocycles. The first-order valence-electron chi connectivity index (χ1n) is 9.90. The molecule has 0 spiro atoms. The van der Waals surface area contributed by atoms with Crippen molar-refractivity contribution in [2.75, 3.05) is 11.9 Å². The number of ketones is 1. The van der Waals surface area contributed by atoms with Gasteiger partial charge in [-0.1, -0.05) is 41.9 Å². The lowest BCUT2D eigenvalue weighted by molar-refractivity contribution is -0.116. The van der Waals surface area contributed by atoms with Crippen LogP contribution < -0.4 is 5.32 Å². The topological polar surface area (TPSA) is 62.3 Å². The molecule has 2 heterocycles. The molecule has 154 valence electrons. The minimum Gasteiger partial charge on any atom is -0.302 e. The van der Waals surface area contributed by atoms with Crippen molar-refractivity contribution in [3.05, 3.63) is 81.3 Å². The first-order valence-corrected chi connectivity index (χ1v) is 11.1. The second kappa shape index (κ2) is 9.51. The van der Waals surface area contributed by atoms with Gasteiger partial charge in [-0.3, -0.25) is 14.5 Å². The van der Waals surface area contributed by atoms with Crippen LogP contribution in [0.1, 0.15) is 39.3 Å².